The first-order valence-corrected chi connectivity index (χ1v) is 12.6. The smallest absolute Gasteiger partial charge is 0.253 e. The maximum absolute atomic E-state index is 13.0. The highest BCUT2D eigenvalue weighted by Crippen LogP contribution is 2.20. The van der Waals surface area contributed by atoms with Gasteiger partial charge in [-0.25, -0.2) is 13.1 Å². The Morgan fingerprint density at radius 2 is 1.87 bits per heavy atom. The maximum atomic E-state index is 13.0. The normalized spacial score (nSPS) is 19.1. The van der Waals surface area contributed by atoms with Crippen LogP contribution in [0.25, 0.3) is 0 Å². The average Bonchev–Trinajstić information content (AvgIpc) is 3.31. The summed E-state index contributed by atoms with van der Waals surface area (Å²) in [5.41, 5.74) is 1.82. The van der Waals surface area contributed by atoms with Crippen LogP contribution < -0.4 is 4.72 Å². The van der Waals surface area contributed by atoms with Crippen molar-refractivity contribution in [1.29, 1.82) is 0 Å². The standard InChI is InChI=1S/C21H27N3O4S2/c25-21(18-4-1-3-17(15-18)16-23-10-12-28-13-11-23)24-8-6-19(7-9-24)22-30(26,27)20-5-2-14-29-20/h1-5,14-15,19,22H,6-13,16H2. The van der Waals surface area contributed by atoms with E-state index in [0.29, 0.717) is 35.7 Å². The number of nitrogens with zero attached hydrogens (tertiary/aromatic N) is 2. The zero-order valence-corrected chi connectivity index (χ0v) is 18.5. The second-order valence-corrected chi connectivity index (χ2v) is 10.6. The number of carbonyl (C=O) groups is 1. The molecule has 1 N–H and O–H groups in total. The summed E-state index contributed by atoms with van der Waals surface area (Å²) in [4.78, 5) is 17.1. The molecule has 0 aliphatic carbocycles. The minimum absolute atomic E-state index is 0.0124. The Morgan fingerprint density at radius 3 is 2.57 bits per heavy atom. The third-order valence-electron chi connectivity index (χ3n) is 5.55. The van der Waals surface area contributed by atoms with Gasteiger partial charge >= 0.3 is 0 Å². The molecule has 2 aliphatic rings. The number of morpholine rings is 1. The van der Waals surface area contributed by atoms with E-state index in [-0.39, 0.29) is 11.9 Å². The van der Waals surface area contributed by atoms with Gasteiger partial charge in [-0.1, -0.05) is 18.2 Å². The van der Waals surface area contributed by atoms with Gasteiger partial charge in [0.05, 0.1) is 13.2 Å². The second kappa shape index (κ2) is 9.57. The molecule has 2 aliphatic heterocycles. The van der Waals surface area contributed by atoms with E-state index in [9.17, 15) is 13.2 Å². The Kier molecular flexibility index (Phi) is 6.84. The number of hydrogen-bond donors (Lipinski definition) is 1. The van der Waals surface area contributed by atoms with Crippen molar-refractivity contribution < 1.29 is 17.9 Å². The predicted octanol–water partition coefficient (Wildman–Crippen LogP) is 2.16. The molecule has 1 aromatic heterocycles. The molecule has 0 radical (unpaired) electrons. The fourth-order valence-corrected chi connectivity index (χ4v) is 6.21. The molecule has 9 heteroatoms. The molecule has 0 spiro atoms. The number of carbonyl (C=O) groups excluding carboxylic acids is 1. The molecule has 2 saturated heterocycles. The number of thiophene rings is 1. The van der Waals surface area contributed by atoms with Crippen LogP contribution in [-0.4, -0.2) is 69.6 Å². The number of likely N-dealkylation sites (tertiary alicyclic amines) is 1. The van der Waals surface area contributed by atoms with Gasteiger partial charge in [-0.3, -0.25) is 9.69 Å². The third-order valence-corrected chi connectivity index (χ3v) is 8.47. The Balaban J connectivity index is 1.32. The molecule has 30 heavy (non-hydrogen) atoms. The van der Waals surface area contributed by atoms with Crippen LogP contribution in [0.4, 0.5) is 0 Å². The molecule has 2 fully saturated rings. The molecule has 2 aromatic rings. The summed E-state index contributed by atoms with van der Waals surface area (Å²) >= 11 is 1.21. The van der Waals surface area contributed by atoms with Gasteiger partial charge in [-0.15, -0.1) is 11.3 Å². The number of sulfonamides is 1. The highest BCUT2D eigenvalue weighted by Gasteiger charge is 2.27. The van der Waals surface area contributed by atoms with E-state index in [1.54, 1.807) is 17.5 Å². The SMILES string of the molecule is O=C(c1cccc(CN2CCOCC2)c1)N1CCC(NS(=O)(=O)c2cccs2)CC1. The lowest BCUT2D eigenvalue weighted by molar-refractivity contribution is 0.0341. The summed E-state index contributed by atoms with van der Waals surface area (Å²) in [5, 5.41) is 1.75. The Bertz CT molecular complexity index is 948. The number of ether oxygens (including phenoxy) is 1. The summed E-state index contributed by atoms with van der Waals surface area (Å²) in [6, 6.07) is 11.0. The number of hydrogen-bond acceptors (Lipinski definition) is 6. The molecule has 0 saturated carbocycles. The monoisotopic (exact) mass is 449 g/mol. The van der Waals surface area contributed by atoms with Crippen molar-refractivity contribution >= 4 is 27.3 Å². The van der Waals surface area contributed by atoms with Gasteiger partial charge in [-0.2, -0.15) is 0 Å². The fraction of sp³-hybridized carbons (Fsp3) is 0.476. The Morgan fingerprint density at radius 1 is 1.10 bits per heavy atom. The zero-order chi connectivity index (χ0) is 21.0. The molecule has 1 amide bonds. The van der Waals surface area contributed by atoms with E-state index in [4.69, 9.17) is 4.74 Å². The molecule has 3 heterocycles. The summed E-state index contributed by atoms with van der Waals surface area (Å²) < 4.78 is 33.3. The van der Waals surface area contributed by atoms with E-state index < -0.39 is 10.0 Å². The van der Waals surface area contributed by atoms with Gasteiger partial charge in [0, 0.05) is 44.3 Å². The van der Waals surface area contributed by atoms with E-state index in [1.165, 1.54) is 11.3 Å². The summed E-state index contributed by atoms with van der Waals surface area (Å²) in [6.07, 6.45) is 1.23. The lowest BCUT2D eigenvalue weighted by atomic mass is 10.0. The highest BCUT2D eigenvalue weighted by molar-refractivity contribution is 7.91. The van der Waals surface area contributed by atoms with Crippen molar-refractivity contribution in [3.63, 3.8) is 0 Å². The van der Waals surface area contributed by atoms with Gasteiger partial charge in [0.15, 0.2) is 0 Å². The average molecular weight is 450 g/mol. The molecule has 4 rings (SSSR count). The molecule has 7 nitrogen and oxygen atoms in total. The van der Waals surface area contributed by atoms with E-state index in [2.05, 4.69) is 15.7 Å². The van der Waals surface area contributed by atoms with Crippen LogP contribution in [0.15, 0.2) is 46.0 Å². The van der Waals surface area contributed by atoms with Crippen LogP contribution in [0, 0.1) is 0 Å². The lowest BCUT2D eigenvalue weighted by Gasteiger charge is -2.32. The predicted molar refractivity (Wildman–Crippen MR) is 116 cm³/mol. The van der Waals surface area contributed by atoms with Crippen molar-refractivity contribution in [2.24, 2.45) is 0 Å². The number of amides is 1. The fourth-order valence-electron chi connectivity index (χ4n) is 3.90. The Hall–Kier alpha value is -1.78. The Labute approximate surface area is 181 Å². The second-order valence-electron chi connectivity index (χ2n) is 7.71. The van der Waals surface area contributed by atoms with Gasteiger partial charge < -0.3 is 9.64 Å². The summed E-state index contributed by atoms with van der Waals surface area (Å²) in [5.74, 6) is 0.0124. The molecule has 0 bridgehead atoms. The summed E-state index contributed by atoms with van der Waals surface area (Å²) in [7, 11) is -3.47. The first-order chi connectivity index (χ1) is 14.5. The van der Waals surface area contributed by atoms with E-state index >= 15 is 0 Å². The lowest BCUT2D eigenvalue weighted by Crippen LogP contribution is -2.46. The molecule has 162 valence electrons. The molecule has 1 aromatic carbocycles. The number of rotatable bonds is 6. The van der Waals surface area contributed by atoms with Crippen molar-refractivity contribution in [1.82, 2.24) is 14.5 Å². The van der Waals surface area contributed by atoms with E-state index in [0.717, 1.165) is 38.4 Å². The minimum Gasteiger partial charge on any atom is -0.379 e. The van der Waals surface area contributed by atoms with Gasteiger partial charge in [-0.05, 0) is 42.0 Å². The minimum atomic E-state index is -3.47. The van der Waals surface area contributed by atoms with Crippen LogP contribution in [0.1, 0.15) is 28.8 Å². The van der Waals surface area contributed by atoms with Crippen molar-refractivity contribution in [2.75, 3.05) is 39.4 Å². The van der Waals surface area contributed by atoms with Gasteiger partial charge in [0.1, 0.15) is 4.21 Å². The van der Waals surface area contributed by atoms with Crippen LogP contribution in [0.2, 0.25) is 0 Å². The number of nitrogens with one attached hydrogen (secondary N) is 1. The highest BCUT2D eigenvalue weighted by atomic mass is 32.2. The summed E-state index contributed by atoms with van der Waals surface area (Å²) in [6.45, 7) is 5.24. The van der Waals surface area contributed by atoms with Crippen LogP contribution in [-0.2, 0) is 21.3 Å². The van der Waals surface area contributed by atoms with Crippen LogP contribution in [0.5, 0.6) is 0 Å². The number of piperidine rings is 1. The van der Waals surface area contributed by atoms with Gasteiger partial charge in [0.2, 0.25) is 10.0 Å². The van der Waals surface area contributed by atoms with Crippen LogP contribution in [0.3, 0.4) is 0 Å². The number of benzene rings is 1. The topological polar surface area (TPSA) is 79.0 Å². The quantitative estimate of drug-likeness (QED) is 0.731. The first-order valence-electron chi connectivity index (χ1n) is 10.3. The third kappa shape index (κ3) is 5.28. The zero-order valence-electron chi connectivity index (χ0n) is 16.8. The molecule has 0 atom stereocenters. The molecular formula is C21H27N3O4S2. The van der Waals surface area contributed by atoms with Gasteiger partial charge in [0.25, 0.3) is 5.91 Å². The molecular weight excluding hydrogens is 422 g/mol. The van der Waals surface area contributed by atoms with E-state index in [1.807, 2.05) is 23.1 Å². The van der Waals surface area contributed by atoms with Crippen LogP contribution >= 0.6 is 11.3 Å². The largest absolute Gasteiger partial charge is 0.379 e. The van der Waals surface area contributed by atoms with Crippen molar-refractivity contribution in [3.8, 4) is 0 Å². The van der Waals surface area contributed by atoms with Crippen molar-refractivity contribution in [3.05, 3.63) is 52.9 Å². The van der Waals surface area contributed by atoms with Crippen molar-refractivity contribution in [2.45, 2.75) is 29.6 Å². The first kappa shape index (κ1) is 21.5. The maximum Gasteiger partial charge on any atom is 0.253 e. The molecule has 0 unspecified atom stereocenters.